The fraction of sp³-hybridized carbons (Fsp3) is 0.455. The Morgan fingerprint density at radius 1 is 1.62 bits per heavy atom. The van der Waals surface area contributed by atoms with Gasteiger partial charge in [-0.25, -0.2) is 9.78 Å². The number of ether oxygens (including phenoxy) is 1. The van der Waals surface area contributed by atoms with E-state index in [-0.39, 0.29) is 12.1 Å². The van der Waals surface area contributed by atoms with Gasteiger partial charge < -0.3 is 14.7 Å². The highest BCUT2D eigenvalue weighted by molar-refractivity contribution is 5.89. The minimum atomic E-state index is -0.356. The van der Waals surface area contributed by atoms with E-state index in [0.717, 1.165) is 5.82 Å². The van der Waals surface area contributed by atoms with Gasteiger partial charge in [-0.15, -0.1) is 0 Å². The quantitative estimate of drug-likeness (QED) is 0.752. The third-order valence-corrected chi connectivity index (χ3v) is 2.45. The first-order chi connectivity index (χ1) is 7.70. The molecule has 5 nitrogen and oxygen atoms in total. The molecular weight excluding hydrogens is 208 g/mol. The second-order valence-corrected chi connectivity index (χ2v) is 3.68. The van der Waals surface area contributed by atoms with Gasteiger partial charge in [0.1, 0.15) is 5.82 Å². The van der Waals surface area contributed by atoms with Gasteiger partial charge in [0.2, 0.25) is 0 Å². The molecule has 0 saturated carbocycles. The van der Waals surface area contributed by atoms with Crippen LogP contribution in [0.5, 0.6) is 0 Å². The van der Waals surface area contributed by atoms with E-state index in [2.05, 4.69) is 4.98 Å². The van der Waals surface area contributed by atoms with E-state index in [1.54, 1.807) is 19.1 Å². The first-order valence-corrected chi connectivity index (χ1v) is 5.27. The van der Waals surface area contributed by atoms with Crippen molar-refractivity contribution in [1.82, 2.24) is 4.98 Å². The molecule has 1 aliphatic heterocycles. The van der Waals surface area contributed by atoms with Crippen molar-refractivity contribution >= 4 is 11.8 Å². The molecule has 16 heavy (non-hydrogen) atoms. The van der Waals surface area contributed by atoms with Crippen LogP contribution >= 0.6 is 0 Å². The lowest BCUT2D eigenvalue weighted by Gasteiger charge is -2.36. The number of anilines is 1. The Bertz CT molecular complexity index is 371. The van der Waals surface area contributed by atoms with E-state index in [4.69, 9.17) is 9.84 Å². The summed E-state index contributed by atoms with van der Waals surface area (Å²) >= 11 is 0. The van der Waals surface area contributed by atoms with Crippen molar-refractivity contribution in [2.75, 3.05) is 24.6 Å². The molecule has 0 bridgehead atoms. The molecule has 0 radical (unpaired) electrons. The molecule has 5 heteroatoms. The summed E-state index contributed by atoms with van der Waals surface area (Å²) in [7, 11) is 0. The molecule has 2 rings (SSSR count). The zero-order valence-corrected chi connectivity index (χ0v) is 9.09. The van der Waals surface area contributed by atoms with E-state index < -0.39 is 0 Å². The molecule has 0 aromatic carbocycles. The van der Waals surface area contributed by atoms with Crippen LogP contribution in [-0.2, 0) is 4.74 Å². The number of carbonyl (C=O) groups excluding carboxylic acids is 1. The lowest BCUT2D eigenvalue weighted by atomic mass is 10.1. The Kier molecular flexibility index (Phi) is 3.05. The van der Waals surface area contributed by atoms with Crippen LogP contribution in [0.15, 0.2) is 18.3 Å². The molecular formula is C11H14N2O3. The molecule has 2 heterocycles. The molecule has 0 aliphatic carbocycles. The maximum Gasteiger partial charge on any atom is 0.339 e. The summed E-state index contributed by atoms with van der Waals surface area (Å²) in [6.45, 7) is 3.33. The third kappa shape index (κ3) is 2.14. The van der Waals surface area contributed by atoms with Gasteiger partial charge in [-0.2, -0.15) is 0 Å². The van der Waals surface area contributed by atoms with Gasteiger partial charge >= 0.3 is 5.97 Å². The summed E-state index contributed by atoms with van der Waals surface area (Å²) < 4.78 is 4.85. The van der Waals surface area contributed by atoms with Gasteiger partial charge in [0.15, 0.2) is 0 Å². The molecule has 0 atom stereocenters. The lowest BCUT2D eigenvalue weighted by molar-refractivity contribution is 0.0526. The number of rotatable bonds is 3. The number of carbonyl (C=O) groups is 1. The van der Waals surface area contributed by atoms with Crippen molar-refractivity contribution < 1.29 is 14.6 Å². The van der Waals surface area contributed by atoms with E-state index in [1.807, 2.05) is 4.90 Å². The monoisotopic (exact) mass is 222 g/mol. The van der Waals surface area contributed by atoms with Crippen molar-refractivity contribution in [2.45, 2.75) is 13.0 Å². The van der Waals surface area contributed by atoms with Gasteiger partial charge in [0.25, 0.3) is 0 Å². The number of β-amino-alcohol motifs (C(OH)–C–C–N with tert-alkyl or cyclic N) is 1. The van der Waals surface area contributed by atoms with Crippen molar-refractivity contribution in [1.29, 1.82) is 0 Å². The molecule has 0 spiro atoms. The average Bonchev–Trinajstić information content (AvgIpc) is 2.25. The van der Waals surface area contributed by atoms with E-state index >= 15 is 0 Å². The number of aliphatic hydroxyl groups excluding tert-OH is 1. The molecule has 1 aliphatic rings. The maximum absolute atomic E-state index is 11.3. The summed E-state index contributed by atoms with van der Waals surface area (Å²) in [4.78, 5) is 17.4. The molecule has 1 aromatic rings. The van der Waals surface area contributed by atoms with Gasteiger partial charge in [0.05, 0.1) is 18.3 Å². The Morgan fingerprint density at radius 3 is 2.88 bits per heavy atom. The number of hydrogen-bond donors (Lipinski definition) is 1. The average molecular weight is 222 g/mol. The van der Waals surface area contributed by atoms with Crippen LogP contribution in [0.25, 0.3) is 0 Å². The molecule has 1 fully saturated rings. The SMILES string of the molecule is CCOC(=O)c1ccc(N2CC(O)C2)nc1. The zero-order chi connectivity index (χ0) is 11.5. The first-order valence-electron chi connectivity index (χ1n) is 5.27. The van der Waals surface area contributed by atoms with Gasteiger partial charge in [-0.1, -0.05) is 0 Å². The van der Waals surface area contributed by atoms with E-state index in [0.29, 0.717) is 25.3 Å². The third-order valence-electron chi connectivity index (χ3n) is 2.45. The highest BCUT2D eigenvalue weighted by atomic mass is 16.5. The van der Waals surface area contributed by atoms with Crippen molar-refractivity contribution in [3.05, 3.63) is 23.9 Å². The van der Waals surface area contributed by atoms with Crippen LogP contribution in [0, 0.1) is 0 Å². The standard InChI is InChI=1S/C11H14N2O3/c1-2-16-11(15)8-3-4-10(12-5-8)13-6-9(14)7-13/h3-5,9,14H,2,6-7H2,1H3. The summed E-state index contributed by atoms with van der Waals surface area (Å²) in [5.41, 5.74) is 0.451. The predicted molar refractivity (Wildman–Crippen MR) is 58.4 cm³/mol. The summed E-state index contributed by atoms with van der Waals surface area (Å²) in [5.74, 6) is 0.420. The Morgan fingerprint density at radius 2 is 2.38 bits per heavy atom. The topological polar surface area (TPSA) is 62.7 Å². The highest BCUT2D eigenvalue weighted by Gasteiger charge is 2.25. The van der Waals surface area contributed by atoms with Crippen molar-refractivity contribution in [2.24, 2.45) is 0 Å². The molecule has 1 saturated heterocycles. The Hall–Kier alpha value is -1.62. The fourth-order valence-corrected chi connectivity index (χ4v) is 1.55. The minimum absolute atomic E-state index is 0.258. The summed E-state index contributed by atoms with van der Waals surface area (Å²) in [6, 6.07) is 3.45. The number of nitrogens with zero attached hydrogens (tertiary/aromatic N) is 2. The lowest BCUT2D eigenvalue weighted by Crippen LogP contribution is -2.51. The molecule has 1 aromatic heterocycles. The number of aliphatic hydroxyl groups is 1. The summed E-state index contributed by atoms with van der Waals surface area (Å²) in [6.07, 6.45) is 1.24. The van der Waals surface area contributed by atoms with Crippen LogP contribution in [0.4, 0.5) is 5.82 Å². The van der Waals surface area contributed by atoms with E-state index in [1.165, 1.54) is 6.20 Å². The van der Waals surface area contributed by atoms with E-state index in [9.17, 15) is 4.79 Å². The number of esters is 1. The molecule has 0 unspecified atom stereocenters. The number of pyridine rings is 1. The van der Waals surface area contributed by atoms with Gasteiger partial charge in [-0.3, -0.25) is 0 Å². The number of hydrogen-bond acceptors (Lipinski definition) is 5. The fourth-order valence-electron chi connectivity index (χ4n) is 1.55. The van der Waals surface area contributed by atoms with Crippen LogP contribution in [0.3, 0.4) is 0 Å². The van der Waals surface area contributed by atoms with Crippen LogP contribution in [0.1, 0.15) is 17.3 Å². The molecule has 0 amide bonds. The Labute approximate surface area is 93.7 Å². The second kappa shape index (κ2) is 4.49. The van der Waals surface area contributed by atoms with Crippen molar-refractivity contribution in [3.63, 3.8) is 0 Å². The normalized spacial score (nSPS) is 15.8. The smallest absolute Gasteiger partial charge is 0.339 e. The Balaban J connectivity index is 2.02. The highest BCUT2D eigenvalue weighted by Crippen LogP contribution is 2.18. The summed E-state index contributed by atoms with van der Waals surface area (Å²) in [5, 5.41) is 9.15. The molecule has 1 N–H and O–H groups in total. The molecule has 86 valence electrons. The second-order valence-electron chi connectivity index (χ2n) is 3.68. The zero-order valence-electron chi connectivity index (χ0n) is 9.09. The van der Waals surface area contributed by atoms with Gasteiger partial charge in [-0.05, 0) is 19.1 Å². The minimum Gasteiger partial charge on any atom is -0.462 e. The van der Waals surface area contributed by atoms with Crippen molar-refractivity contribution in [3.8, 4) is 0 Å². The first kappa shape index (κ1) is 10.9. The van der Waals surface area contributed by atoms with Crippen LogP contribution < -0.4 is 4.90 Å². The van der Waals surface area contributed by atoms with Crippen LogP contribution in [0.2, 0.25) is 0 Å². The predicted octanol–water partition coefficient (Wildman–Crippen LogP) is 0.439. The number of aromatic nitrogens is 1. The largest absolute Gasteiger partial charge is 0.462 e. The maximum atomic E-state index is 11.3. The van der Waals surface area contributed by atoms with Crippen LogP contribution in [-0.4, -0.2) is 41.9 Å². The van der Waals surface area contributed by atoms with Gasteiger partial charge in [0, 0.05) is 19.3 Å².